The average molecular weight is 391 g/mol. The van der Waals surface area contributed by atoms with Crippen LogP contribution in [0.5, 0.6) is 0 Å². The molecule has 0 aliphatic carbocycles. The molecule has 0 aliphatic rings. The van der Waals surface area contributed by atoms with E-state index in [0.29, 0.717) is 0 Å². The molecule has 8 heteroatoms. The van der Waals surface area contributed by atoms with E-state index in [1.54, 1.807) is 0 Å². The minimum atomic E-state index is -1.83. The quantitative estimate of drug-likeness (QED) is 0.301. The van der Waals surface area contributed by atoms with Gasteiger partial charge in [0.05, 0.1) is 13.2 Å². The predicted molar refractivity (Wildman–Crippen MR) is 101 cm³/mol. The van der Waals surface area contributed by atoms with Crippen LogP contribution in [0.15, 0.2) is 60.7 Å². The maximum absolute atomic E-state index is 11.6. The minimum absolute atomic E-state index is 0.255. The first-order valence-corrected chi connectivity index (χ1v) is 8.93. The van der Waals surface area contributed by atoms with Crippen LogP contribution in [0.4, 0.5) is 0 Å². The van der Waals surface area contributed by atoms with Gasteiger partial charge in [0.1, 0.15) is 12.2 Å². The molecule has 8 nitrogen and oxygen atoms in total. The van der Waals surface area contributed by atoms with Gasteiger partial charge in [-0.25, -0.2) is 0 Å². The van der Waals surface area contributed by atoms with Crippen molar-refractivity contribution in [1.82, 2.24) is 0 Å². The summed E-state index contributed by atoms with van der Waals surface area (Å²) in [4.78, 5) is 10.9. The second kappa shape index (κ2) is 10.8. The molecule has 0 amide bonds. The van der Waals surface area contributed by atoms with Crippen molar-refractivity contribution in [3.63, 3.8) is 0 Å². The smallest absolute Gasteiger partial charge is 0.268 e. The Morgan fingerprint density at radius 3 is 1.93 bits per heavy atom. The summed E-state index contributed by atoms with van der Waals surface area (Å²) in [6, 6.07) is 16.8. The van der Waals surface area contributed by atoms with Gasteiger partial charge in [0.15, 0.2) is 12.4 Å². The molecule has 0 aliphatic heterocycles. The largest absolute Gasteiger partial charge is 0.394 e. The second-order valence-corrected chi connectivity index (χ2v) is 6.29. The van der Waals surface area contributed by atoms with Gasteiger partial charge < -0.3 is 24.8 Å². The van der Waals surface area contributed by atoms with Crippen LogP contribution in [0, 0.1) is 10.1 Å². The molecule has 0 spiro atoms. The summed E-state index contributed by atoms with van der Waals surface area (Å²) in [5.74, 6) is 0. The van der Waals surface area contributed by atoms with Crippen LogP contribution < -0.4 is 0 Å². The molecule has 0 saturated carbocycles. The molecule has 28 heavy (non-hydrogen) atoms. The Bertz CT molecular complexity index is 674. The van der Waals surface area contributed by atoms with Gasteiger partial charge in [-0.15, -0.1) is 0 Å². The predicted octanol–water partition coefficient (Wildman–Crippen LogP) is 1.51. The Balaban J connectivity index is 2.24. The molecule has 0 radical (unpaired) electrons. The highest BCUT2D eigenvalue weighted by Crippen LogP contribution is 2.29. The number of benzene rings is 2. The molecule has 0 fully saturated rings. The van der Waals surface area contributed by atoms with Crippen molar-refractivity contribution in [3.8, 4) is 0 Å². The van der Waals surface area contributed by atoms with E-state index in [1.807, 2.05) is 60.7 Å². The van der Waals surface area contributed by atoms with Crippen LogP contribution in [0.2, 0.25) is 0 Å². The van der Waals surface area contributed by atoms with Crippen molar-refractivity contribution in [2.75, 3.05) is 13.2 Å². The van der Waals surface area contributed by atoms with Crippen molar-refractivity contribution >= 4 is 0 Å². The highest BCUT2D eigenvalue weighted by molar-refractivity contribution is 5.30. The Morgan fingerprint density at radius 1 is 1.00 bits per heavy atom. The monoisotopic (exact) mass is 391 g/mol. The van der Waals surface area contributed by atoms with Gasteiger partial charge in [-0.05, 0) is 18.1 Å². The number of aliphatic hydroxyl groups is 3. The Hall–Kier alpha value is -2.36. The Kier molecular flexibility index (Phi) is 8.49. The molecular formula is C20H25NO7. The van der Waals surface area contributed by atoms with E-state index in [9.17, 15) is 20.3 Å². The number of nitrogens with zero attached hydrogens (tertiary/aromatic N) is 1. The van der Waals surface area contributed by atoms with Crippen LogP contribution in [-0.4, -0.2) is 58.0 Å². The number of ether oxygens (including phenoxy) is 2. The zero-order valence-electron chi connectivity index (χ0n) is 15.5. The minimum Gasteiger partial charge on any atom is -0.394 e. The summed E-state index contributed by atoms with van der Waals surface area (Å²) in [5.41, 5.74) is 1.60. The first-order chi connectivity index (χ1) is 13.5. The standard InChI is InChI=1S/C20H25NO7/c1-14(17(21(25)26)18(23)20(24)27-13-12-22)28-19(15-8-4-2-5-9-15)16-10-6-3-7-11-16/h2-11,14,17-20,22-24H,12-13H2,1H3/t14-,17?,18?,20-/m0/s1. The van der Waals surface area contributed by atoms with Crippen LogP contribution in [0.25, 0.3) is 0 Å². The molecule has 0 saturated heterocycles. The lowest BCUT2D eigenvalue weighted by atomic mass is 10.00. The van der Waals surface area contributed by atoms with Crippen molar-refractivity contribution in [1.29, 1.82) is 0 Å². The van der Waals surface area contributed by atoms with Crippen molar-refractivity contribution in [3.05, 3.63) is 81.9 Å². The molecule has 4 atom stereocenters. The third-order valence-corrected chi connectivity index (χ3v) is 4.30. The highest BCUT2D eigenvalue weighted by atomic mass is 16.6. The van der Waals surface area contributed by atoms with Crippen molar-refractivity contribution < 1.29 is 29.7 Å². The maximum atomic E-state index is 11.6. The summed E-state index contributed by atoms with van der Waals surface area (Å²) < 4.78 is 10.8. The van der Waals surface area contributed by atoms with E-state index in [4.69, 9.17) is 14.6 Å². The van der Waals surface area contributed by atoms with E-state index in [-0.39, 0.29) is 13.2 Å². The second-order valence-electron chi connectivity index (χ2n) is 6.29. The van der Waals surface area contributed by atoms with Gasteiger partial charge in [0.2, 0.25) is 0 Å². The van der Waals surface area contributed by atoms with E-state index in [1.165, 1.54) is 6.92 Å². The van der Waals surface area contributed by atoms with Gasteiger partial charge >= 0.3 is 0 Å². The number of nitro groups is 1. The van der Waals surface area contributed by atoms with Crippen LogP contribution >= 0.6 is 0 Å². The molecule has 2 rings (SSSR count). The van der Waals surface area contributed by atoms with Crippen LogP contribution in [0.1, 0.15) is 24.2 Å². The first kappa shape index (κ1) is 21.9. The molecule has 2 aromatic carbocycles. The SMILES string of the molecule is C[C@H](OC(c1ccccc1)c1ccccc1)C(C(O)[C@@H](O)OCCO)[N+](=O)[O-]. The number of hydrogen-bond acceptors (Lipinski definition) is 7. The fraction of sp³-hybridized carbons (Fsp3) is 0.400. The third kappa shape index (κ3) is 5.82. The van der Waals surface area contributed by atoms with Gasteiger partial charge in [-0.3, -0.25) is 10.1 Å². The maximum Gasteiger partial charge on any atom is 0.268 e. The molecular weight excluding hydrogens is 366 g/mol. The average Bonchev–Trinajstić information content (AvgIpc) is 2.71. The zero-order chi connectivity index (χ0) is 20.5. The first-order valence-electron chi connectivity index (χ1n) is 8.93. The zero-order valence-corrected chi connectivity index (χ0v) is 15.5. The van der Waals surface area contributed by atoms with Gasteiger partial charge in [-0.1, -0.05) is 60.7 Å². The summed E-state index contributed by atoms with van der Waals surface area (Å²) >= 11 is 0. The van der Waals surface area contributed by atoms with E-state index in [0.717, 1.165) is 11.1 Å². The van der Waals surface area contributed by atoms with Gasteiger partial charge in [0, 0.05) is 4.92 Å². The number of rotatable bonds is 11. The molecule has 3 N–H and O–H groups in total. The summed E-state index contributed by atoms with van der Waals surface area (Å²) in [6.45, 7) is 0.825. The van der Waals surface area contributed by atoms with E-state index < -0.39 is 35.6 Å². The van der Waals surface area contributed by atoms with E-state index >= 15 is 0 Å². The topological polar surface area (TPSA) is 122 Å². The normalized spacial score (nSPS) is 15.8. The highest BCUT2D eigenvalue weighted by Gasteiger charge is 2.42. The van der Waals surface area contributed by atoms with E-state index in [2.05, 4.69) is 0 Å². The number of aliphatic hydroxyl groups excluding tert-OH is 3. The summed E-state index contributed by atoms with van der Waals surface area (Å²) in [5, 5.41) is 40.4. The fourth-order valence-corrected chi connectivity index (χ4v) is 2.91. The fourth-order valence-electron chi connectivity index (χ4n) is 2.91. The van der Waals surface area contributed by atoms with Crippen LogP contribution in [-0.2, 0) is 9.47 Å². The lowest BCUT2D eigenvalue weighted by Gasteiger charge is -2.28. The Morgan fingerprint density at radius 2 is 1.50 bits per heavy atom. The molecule has 0 bridgehead atoms. The van der Waals surface area contributed by atoms with Gasteiger partial charge in [-0.2, -0.15) is 0 Å². The molecule has 0 heterocycles. The number of hydrogen-bond donors (Lipinski definition) is 3. The molecule has 0 aromatic heterocycles. The van der Waals surface area contributed by atoms with Gasteiger partial charge in [0.25, 0.3) is 6.04 Å². The lowest BCUT2D eigenvalue weighted by Crippen LogP contribution is -2.50. The summed E-state index contributed by atoms with van der Waals surface area (Å²) in [6.07, 6.45) is -5.30. The molecule has 2 unspecified atom stereocenters. The van der Waals surface area contributed by atoms with Crippen LogP contribution in [0.3, 0.4) is 0 Å². The Labute approximate surface area is 163 Å². The summed E-state index contributed by atoms with van der Waals surface area (Å²) in [7, 11) is 0. The molecule has 152 valence electrons. The molecule has 2 aromatic rings. The lowest BCUT2D eigenvalue weighted by molar-refractivity contribution is -0.553. The van der Waals surface area contributed by atoms with Crippen molar-refractivity contribution in [2.45, 2.75) is 37.6 Å². The van der Waals surface area contributed by atoms with Crippen molar-refractivity contribution in [2.24, 2.45) is 0 Å². The third-order valence-electron chi connectivity index (χ3n) is 4.30.